The molecule has 86 valence electrons. The van der Waals surface area contributed by atoms with Gasteiger partial charge in [0.1, 0.15) is 0 Å². The second-order valence-electron chi connectivity index (χ2n) is 4.84. The van der Waals surface area contributed by atoms with Crippen LogP contribution in [0.5, 0.6) is 0 Å². The van der Waals surface area contributed by atoms with E-state index in [1.54, 1.807) is 0 Å². The average Bonchev–Trinajstić information content (AvgIpc) is 2.39. The fourth-order valence-corrected chi connectivity index (χ4v) is 2.30. The van der Waals surface area contributed by atoms with E-state index in [0.29, 0.717) is 0 Å². The number of hydrogen-bond donors (Lipinski definition) is 0. The van der Waals surface area contributed by atoms with E-state index in [0.717, 1.165) is 24.4 Å². The van der Waals surface area contributed by atoms with Gasteiger partial charge in [-0.25, -0.2) is 0 Å². The molecule has 1 aromatic heterocycles. The largest absolute Gasteiger partial charge is 0.289 e. The highest BCUT2D eigenvalue weighted by molar-refractivity contribution is 6.03. The third-order valence-electron chi connectivity index (χ3n) is 3.41. The lowest BCUT2D eigenvalue weighted by molar-refractivity contribution is 0.538. The van der Waals surface area contributed by atoms with Gasteiger partial charge in [-0.3, -0.25) is 9.98 Å². The zero-order valence-corrected chi connectivity index (χ0v) is 10.1. The molecule has 0 bridgehead atoms. The molecule has 1 aromatic carbocycles. The Morgan fingerprint density at radius 2 is 2.18 bits per heavy atom. The van der Waals surface area contributed by atoms with Crippen molar-refractivity contribution in [2.45, 2.75) is 19.8 Å². The van der Waals surface area contributed by atoms with Crippen molar-refractivity contribution >= 4 is 16.6 Å². The van der Waals surface area contributed by atoms with Gasteiger partial charge >= 0.3 is 0 Å². The van der Waals surface area contributed by atoms with Crippen LogP contribution in [0.25, 0.3) is 10.9 Å². The Kier molecular flexibility index (Phi) is 2.63. The van der Waals surface area contributed by atoms with Crippen LogP contribution in [0, 0.1) is 5.92 Å². The van der Waals surface area contributed by atoms with E-state index in [-0.39, 0.29) is 0 Å². The summed E-state index contributed by atoms with van der Waals surface area (Å²) in [6, 6.07) is 10.5. The summed E-state index contributed by atoms with van der Waals surface area (Å²) < 4.78 is 0. The molecule has 1 aliphatic heterocycles. The highest BCUT2D eigenvalue weighted by atomic mass is 14.8. The fraction of sp³-hybridized carbons (Fsp3) is 0.333. The van der Waals surface area contributed by atoms with Crippen molar-refractivity contribution in [1.82, 2.24) is 4.98 Å². The molecule has 1 atom stereocenters. The number of rotatable bonds is 1. The van der Waals surface area contributed by atoms with Crippen LogP contribution >= 0.6 is 0 Å². The molecule has 0 saturated heterocycles. The molecule has 2 nitrogen and oxygen atoms in total. The van der Waals surface area contributed by atoms with E-state index < -0.39 is 0 Å². The van der Waals surface area contributed by atoms with Crippen LogP contribution in [0.15, 0.2) is 41.5 Å². The molecule has 3 rings (SSSR count). The quantitative estimate of drug-likeness (QED) is 0.728. The number of nitrogens with zero attached hydrogens (tertiary/aromatic N) is 2. The molecular weight excluding hydrogens is 208 g/mol. The summed E-state index contributed by atoms with van der Waals surface area (Å²) in [5, 5.41) is 1.20. The van der Waals surface area contributed by atoms with Crippen LogP contribution in [-0.4, -0.2) is 17.2 Å². The molecular formula is C15H16N2. The predicted molar refractivity (Wildman–Crippen MR) is 71.5 cm³/mol. The second-order valence-corrected chi connectivity index (χ2v) is 4.84. The standard InChI is InChI=1S/C15H16N2/c1-11-4-7-14(17-10-11)13-6-5-12-3-2-8-16-15(12)9-13/h2-3,5-6,8-9,11H,4,7,10H2,1H3/t11-/m0/s1. The zero-order chi connectivity index (χ0) is 11.7. The Hall–Kier alpha value is -1.70. The number of hydrogen-bond acceptors (Lipinski definition) is 2. The normalized spacial score (nSPS) is 20.3. The van der Waals surface area contributed by atoms with Crippen LogP contribution < -0.4 is 0 Å². The minimum absolute atomic E-state index is 0.734. The van der Waals surface area contributed by atoms with E-state index in [1.165, 1.54) is 23.1 Å². The maximum Gasteiger partial charge on any atom is 0.0708 e. The van der Waals surface area contributed by atoms with Gasteiger partial charge in [0.2, 0.25) is 0 Å². The van der Waals surface area contributed by atoms with Crippen LogP contribution in [0.3, 0.4) is 0 Å². The first-order valence-electron chi connectivity index (χ1n) is 6.21. The summed E-state index contributed by atoms with van der Waals surface area (Å²) >= 11 is 0. The van der Waals surface area contributed by atoms with Crippen molar-refractivity contribution in [3.05, 3.63) is 42.1 Å². The summed E-state index contributed by atoms with van der Waals surface area (Å²) in [7, 11) is 0. The van der Waals surface area contributed by atoms with Gasteiger partial charge in [0.05, 0.1) is 5.52 Å². The molecule has 2 aromatic rings. The summed E-state index contributed by atoms with van der Waals surface area (Å²) in [6.45, 7) is 3.23. The first-order chi connectivity index (χ1) is 8.33. The molecule has 2 heteroatoms. The van der Waals surface area contributed by atoms with Crippen LogP contribution in [-0.2, 0) is 0 Å². The minimum Gasteiger partial charge on any atom is -0.289 e. The van der Waals surface area contributed by atoms with E-state index in [4.69, 9.17) is 0 Å². The molecule has 0 spiro atoms. The van der Waals surface area contributed by atoms with Crippen molar-refractivity contribution in [3.63, 3.8) is 0 Å². The van der Waals surface area contributed by atoms with Crippen molar-refractivity contribution < 1.29 is 0 Å². The van der Waals surface area contributed by atoms with Gasteiger partial charge in [0.25, 0.3) is 0 Å². The lowest BCUT2D eigenvalue weighted by Crippen LogP contribution is -2.14. The summed E-state index contributed by atoms with van der Waals surface area (Å²) in [4.78, 5) is 9.07. The second kappa shape index (κ2) is 4.28. The molecule has 0 N–H and O–H groups in total. The van der Waals surface area contributed by atoms with E-state index in [2.05, 4.69) is 41.2 Å². The van der Waals surface area contributed by atoms with Crippen LogP contribution in [0.1, 0.15) is 25.3 Å². The van der Waals surface area contributed by atoms with Gasteiger partial charge in [-0.05, 0) is 36.5 Å². The highest BCUT2D eigenvalue weighted by Crippen LogP contribution is 2.20. The first kappa shape index (κ1) is 10.5. The van der Waals surface area contributed by atoms with Crippen molar-refractivity contribution in [2.75, 3.05) is 6.54 Å². The van der Waals surface area contributed by atoms with Gasteiger partial charge in [-0.15, -0.1) is 0 Å². The number of benzene rings is 1. The molecule has 17 heavy (non-hydrogen) atoms. The number of fused-ring (bicyclic) bond motifs is 1. The Morgan fingerprint density at radius 1 is 1.24 bits per heavy atom. The Bertz CT molecular complexity index is 572. The lowest BCUT2D eigenvalue weighted by Gasteiger charge is -2.17. The number of pyridine rings is 1. The number of aliphatic imine (C=N–C) groups is 1. The van der Waals surface area contributed by atoms with Crippen LogP contribution in [0.2, 0.25) is 0 Å². The van der Waals surface area contributed by atoms with Crippen molar-refractivity contribution in [2.24, 2.45) is 10.9 Å². The Labute approximate surface area is 101 Å². The zero-order valence-electron chi connectivity index (χ0n) is 10.1. The topological polar surface area (TPSA) is 25.2 Å². The van der Waals surface area contributed by atoms with Gasteiger partial charge in [-0.1, -0.05) is 25.1 Å². The molecule has 2 heterocycles. The fourth-order valence-electron chi connectivity index (χ4n) is 2.30. The lowest BCUT2D eigenvalue weighted by atomic mass is 9.95. The average molecular weight is 224 g/mol. The third-order valence-corrected chi connectivity index (χ3v) is 3.41. The Balaban J connectivity index is 2.01. The first-order valence-corrected chi connectivity index (χ1v) is 6.21. The van der Waals surface area contributed by atoms with Gasteiger partial charge in [-0.2, -0.15) is 0 Å². The van der Waals surface area contributed by atoms with E-state index in [9.17, 15) is 0 Å². The monoisotopic (exact) mass is 224 g/mol. The maximum atomic E-state index is 4.68. The van der Waals surface area contributed by atoms with E-state index >= 15 is 0 Å². The number of aromatic nitrogens is 1. The maximum absolute atomic E-state index is 4.68. The third kappa shape index (κ3) is 2.07. The molecule has 0 aliphatic carbocycles. The summed E-state index contributed by atoms with van der Waals surface area (Å²) in [5.41, 5.74) is 3.55. The summed E-state index contributed by atoms with van der Waals surface area (Å²) in [6.07, 6.45) is 4.19. The Morgan fingerprint density at radius 3 is 3.00 bits per heavy atom. The van der Waals surface area contributed by atoms with Gasteiger partial charge in [0, 0.05) is 23.8 Å². The molecule has 0 fully saturated rings. The molecule has 0 unspecified atom stereocenters. The molecule has 1 aliphatic rings. The van der Waals surface area contributed by atoms with Gasteiger partial charge < -0.3 is 0 Å². The van der Waals surface area contributed by atoms with E-state index in [1.807, 2.05) is 12.3 Å². The molecule has 0 radical (unpaired) electrons. The molecule has 0 saturated carbocycles. The van der Waals surface area contributed by atoms with Crippen molar-refractivity contribution in [1.29, 1.82) is 0 Å². The predicted octanol–water partition coefficient (Wildman–Crippen LogP) is 3.45. The van der Waals surface area contributed by atoms with Crippen LogP contribution in [0.4, 0.5) is 0 Å². The summed E-state index contributed by atoms with van der Waals surface area (Å²) in [5.74, 6) is 0.734. The highest BCUT2D eigenvalue weighted by Gasteiger charge is 2.13. The van der Waals surface area contributed by atoms with Gasteiger partial charge in [0.15, 0.2) is 0 Å². The van der Waals surface area contributed by atoms with Crippen molar-refractivity contribution in [3.8, 4) is 0 Å². The smallest absolute Gasteiger partial charge is 0.0708 e. The SMILES string of the molecule is C[C@H]1CCC(c2ccc3cccnc3c2)=NC1. The minimum atomic E-state index is 0.734. The molecule has 0 amide bonds.